The predicted molar refractivity (Wildman–Crippen MR) is 74.5 cm³/mol. The monoisotopic (exact) mass is 247 g/mol. The first-order valence-electron chi connectivity index (χ1n) is 5.69. The van der Waals surface area contributed by atoms with Gasteiger partial charge in [0.15, 0.2) is 5.13 Å². The molecular formula is C13H17N3S. The zero-order chi connectivity index (χ0) is 12.3. The van der Waals surface area contributed by atoms with Gasteiger partial charge in [0.05, 0.1) is 12.2 Å². The highest BCUT2D eigenvalue weighted by Gasteiger charge is 2.04. The lowest BCUT2D eigenvalue weighted by atomic mass is 10.1. The molecule has 0 saturated carbocycles. The molecular weight excluding hydrogens is 230 g/mol. The highest BCUT2D eigenvalue weighted by Crippen LogP contribution is 2.18. The first-order valence-corrected chi connectivity index (χ1v) is 6.57. The number of hydrogen-bond donors (Lipinski definition) is 1. The molecule has 0 saturated heterocycles. The number of anilines is 2. The van der Waals surface area contributed by atoms with Crippen LogP contribution in [0.5, 0.6) is 0 Å². The second kappa shape index (κ2) is 5.19. The molecule has 2 rings (SSSR count). The van der Waals surface area contributed by atoms with E-state index in [0.29, 0.717) is 5.13 Å². The van der Waals surface area contributed by atoms with Crippen molar-refractivity contribution in [2.45, 2.75) is 19.9 Å². The number of hydrogen-bond acceptors (Lipinski definition) is 4. The molecule has 1 heterocycles. The Kier molecular flexibility index (Phi) is 3.64. The van der Waals surface area contributed by atoms with Crippen LogP contribution in [0.15, 0.2) is 29.6 Å². The van der Waals surface area contributed by atoms with E-state index in [1.165, 1.54) is 22.6 Å². The summed E-state index contributed by atoms with van der Waals surface area (Å²) in [5, 5.41) is 2.64. The van der Waals surface area contributed by atoms with Gasteiger partial charge in [-0.15, -0.1) is 11.3 Å². The Bertz CT molecular complexity index is 476. The Hall–Kier alpha value is -1.55. The fraction of sp³-hybridized carbons (Fsp3) is 0.308. The maximum atomic E-state index is 5.62. The summed E-state index contributed by atoms with van der Waals surface area (Å²) in [6.45, 7) is 2.95. The summed E-state index contributed by atoms with van der Waals surface area (Å²) in [5.41, 5.74) is 9.21. The van der Waals surface area contributed by atoms with Crippen molar-refractivity contribution in [1.29, 1.82) is 0 Å². The summed E-state index contributed by atoms with van der Waals surface area (Å²) >= 11 is 1.49. The van der Waals surface area contributed by atoms with Crippen molar-refractivity contribution in [3.8, 4) is 0 Å². The van der Waals surface area contributed by atoms with Gasteiger partial charge in [-0.25, -0.2) is 4.98 Å². The molecule has 0 amide bonds. The fourth-order valence-electron chi connectivity index (χ4n) is 1.72. The predicted octanol–water partition coefficient (Wildman–Crippen LogP) is 2.92. The third-order valence-corrected chi connectivity index (χ3v) is 3.48. The van der Waals surface area contributed by atoms with Crippen LogP contribution in [0.4, 0.5) is 10.8 Å². The number of nitrogens with two attached hydrogens (primary N) is 1. The van der Waals surface area contributed by atoms with E-state index in [9.17, 15) is 0 Å². The molecule has 0 radical (unpaired) electrons. The highest BCUT2D eigenvalue weighted by atomic mass is 32.1. The van der Waals surface area contributed by atoms with Gasteiger partial charge in [0, 0.05) is 18.1 Å². The smallest absolute Gasteiger partial charge is 0.180 e. The molecule has 4 heteroatoms. The van der Waals surface area contributed by atoms with Crippen LogP contribution in [0.2, 0.25) is 0 Å². The van der Waals surface area contributed by atoms with Gasteiger partial charge in [0.2, 0.25) is 0 Å². The number of aromatic nitrogens is 1. The van der Waals surface area contributed by atoms with Crippen molar-refractivity contribution in [3.63, 3.8) is 0 Å². The lowest BCUT2D eigenvalue weighted by molar-refractivity contribution is 0.895. The fourth-order valence-corrected chi connectivity index (χ4v) is 2.27. The van der Waals surface area contributed by atoms with E-state index in [1.807, 2.05) is 5.38 Å². The zero-order valence-corrected chi connectivity index (χ0v) is 11.0. The number of rotatable bonds is 4. The van der Waals surface area contributed by atoms with Crippen molar-refractivity contribution in [2.75, 3.05) is 17.7 Å². The first-order chi connectivity index (χ1) is 8.19. The summed E-state index contributed by atoms with van der Waals surface area (Å²) in [6, 6.07) is 8.63. The summed E-state index contributed by atoms with van der Waals surface area (Å²) in [5.74, 6) is 0. The molecule has 2 aromatic rings. The van der Waals surface area contributed by atoms with Crippen molar-refractivity contribution >= 4 is 22.2 Å². The van der Waals surface area contributed by atoms with Crippen LogP contribution < -0.4 is 10.6 Å². The van der Waals surface area contributed by atoms with E-state index in [2.05, 4.69) is 48.1 Å². The van der Waals surface area contributed by atoms with E-state index in [4.69, 9.17) is 5.73 Å². The van der Waals surface area contributed by atoms with E-state index in [1.54, 1.807) is 0 Å². The molecule has 0 unspecified atom stereocenters. The van der Waals surface area contributed by atoms with Crippen LogP contribution in [0.1, 0.15) is 18.2 Å². The molecule has 0 atom stereocenters. The lowest BCUT2D eigenvalue weighted by Gasteiger charge is -2.18. The van der Waals surface area contributed by atoms with Crippen molar-refractivity contribution in [1.82, 2.24) is 4.98 Å². The first kappa shape index (κ1) is 11.9. The zero-order valence-electron chi connectivity index (χ0n) is 10.2. The lowest BCUT2D eigenvalue weighted by Crippen LogP contribution is -2.16. The minimum atomic E-state index is 0.634. The Morgan fingerprint density at radius 1 is 1.29 bits per heavy atom. The van der Waals surface area contributed by atoms with Gasteiger partial charge in [-0.1, -0.05) is 19.1 Å². The van der Waals surface area contributed by atoms with Gasteiger partial charge in [-0.2, -0.15) is 0 Å². The Morgan fingerprint density at radius 2 is 2.00 bits per heavy atom. The molecule has 2 N–H and O–H groups in total. The van der Waals surface area contributed by atoms with Crippen molar-refractivity contribution in [3.05, 3.63) is 40.9 Å². The molecule has 1 aromatic carbocycles. The molecule has 0 spiro atoms. The number of aryl methyl sites for hydroxylation is 1. The molecule has 17 heavy (non-hydrogen) atoms. The number of nitrogen functional groups attached to an aromatic ring is 1. The van der Waals surface area contributed by atoms with Crippen LogP contribution in [0.25, 0.3) is 0 Å². The maximum absolute atomic E-state index is 5.62. The number of nitrogens with zero attached hydrogens (tertiary/aromatic N) is 2. The van der Waals surface area contributed by atoms with E-state index >= 15 is 0 Å². The second-order valence-corrected chi connectivity index (χ2v) is 4.94. The summed E-state index contributed by atoms with van der Waals surface area (Å²) in [4.78, 5) is 6.44. The summed E-state index contributed by atoms with van der Waals surface area (Å²) in [7, 11) is 2.07. The minimum Gasteiger partial charge on any atom is -0.375 e. The van der Waals surface area contributed by atoms with Gasteiger partial charge in [-0.05, 0) is 24.1 Å². The average molecular weight is 247 g/mol. The highest BCUT2D eigenvalue weighted by molar-refractivity contribution is 7.13. The number of thiazole rings is 1. The van der Waals surface area contributed by atoms with Crippen LogP contribution in [0.3, 0.4) is 0 Å². The summed E-state index contributed by atoms with van der Waals surface area (Å²) in [6.07, 6.45) is 1.08. The molecule has 0 fully saturated rings. The van der Waals surface area contributed by atoms with E-state index < -0.39 is 0 Å². The van der Waals surface area contributed by atoms with E-state index in [0.717, 1.165) is 18.7 Å². The van der Waals surface area contributed by atoms with Gasteiger partial charge in [-0.3, -0.25) is 0 Å². The molecule has 0 aliphatic heterocycles. The largest absolute Gasteiger partial charge is 0.375 e. The average Bonchev–Trinajstić information content (AvgIpc) is 2.75. The van der Waals surface area contributed by atoms with E-state index in [-0.39, 0.29) is 0 Å². The molecule has 1 aromatic heterocycles. The Balaban J connectivity index is 2.06. The second-order valence-electron chi connectivity index (χ2n) is 4.05. The van der Waals surface area contributed by atoms with Crippen LogP contribution in [-0.2, 0) is 13.0 Å². The van der Waals surface area contributed by atoms with Gasteiger partial charge >= 0.3 is 0 Å². The SMILES string of the molecule is CCc1ccc(N(C)Cc2csc(N)n2)cc1. The Morgan fingerprint density at radius 3 is 2.53 bits per heavy atom. The molecule has 90 valence electrons. The standard InChI is InChI=1S/C13H17N3S/c1-3-10-4-6-12(7-5-10)16(2)8-11-9-17-13(14)15-11/h4-7,9H,3,8H2,1-2H3,(H2,14,15). The summed E-state index contributed by atoms with van der Waals surface area (Å²) < 4.78 is 0. The normalized spacial score (nSPS) is 10.5. The van der Waals surface area contributed by atoms with Crippen molar-refractivity contribution in [2.24, 2.45) is 0 Å². The van der Waals surface area contributed by atoms with Gasteiger partial charge in [0.25, 0.3) is 0 Å². The topological polar surface area (TPSA) is 42.1 Å². The van der Waals surface area contributed by atoms with Gasteiger partial charge in [0.1, 0.15) is 0 Å². The van der Waals surface area contributed by atoms with Crippen molar-refractivity contribution < 1.29 is 0 Å². The molecule has 0 aliphatic rings. The molecule has 3 nitrogen and oxygen atoms in total. The third-order valence-electron chi connectivity index (χ3n) is 2.75. The van der Waals surface area contributed by atoms with Crippen LogP contribution in [-0.4, -0.2) is 12.0 Å². The van der Waals surface area contributed by atoms with Crippen LogP contribution >= 0.6 is 11.3 Å². The van der Waals surface area contributed by atoms with Gasteiger partial charge < -0.3 is 10.6 Å². The minimum absolute atomic E-state index is 0.634. The Labute approximate surface area is 106 Å². The van der Waals surface area contributed by atoms with Crippen LogP contribution in [0, 0.1) is 0 Å². The quantitative estimate of drug-likeness (QED) is 0.903. The third kappa shape index (κ3) is 2.97. The number of benzene rings is 1. The molecule has 0 bridgehead atoms. The molecule has 0 aliphatic carbocycles. The maximum Gasteiger partial charge on any atom is 0.180 e.